The van der Waals surface area contributed by atoms with E-state index >= 15 is 0 Å². The predicted octanol–water partition coefficient (Wildman–Crippen LogP) is -0.895. The van der Waals surface area contributed by atoms with Gasteiger partial charge in [0, 0.05) is 26.7 Å². The van der Waals surface area contributed by atoms with Gasteiger partial charge in [-0.3, -0.25) is 4.57 Å². The Hall–Kier alpha value is -1.77. The Morgan fingerprint density at radius 3 is 2.95 bits per heavy atom. The van der Waals surface area contributed by atoms with E-state index in [1.54, 1.807) is 17.3 Å². The van der Waals surface area contributed by atoms with E-state index in [-0.39, 0.29) is 13.0 Å². The van der Waals surface area contributed by atoms with E-state index in [1.807, 2.05) is 14.1 Å². The van der Waals surface area contributed by atoms with E-state index in [9.17, 15) is 9.90 Å². The number of aliphatic imine (C=N–C) groups is 1. The van der Waals surface area contributed by atoms with E-state index < -0.39 is 24.1 Å². The molecule has 2 N–H and O–H groups in total. The van der Waals surface area contributed by atoms with E-state index in [0.717, 1.165) is 0 Å². The first-order chi connectivity index (χ1) is 9.51. The molecular formula is C12H18N4O4. The summed E-state index contributed by atoms with van der Waals surface area (Å²) in [6.45, 7) is -0.287. The molecule has 3 unspecified atom stereocenters. The van der Waals surface area contributed by atoms with Gasteiger partial charge >= 0.3 is 5.69 Å². The van der Waals surface area contributed by atoms with Crippen molar-refractivity contribution in [2.24, 2.45) is 4.99 Å². The van der Waals surface area contributed by atoms with Crippen LogP contribution in [0.5, 0.6) is 0 Å². The molecule has 0 spiro atoms. The average molecular weight is 282 g/mol. The van der Waals surface area contributed by atoms with Crippen molar-refractivity contribution in [3.63, 3.8) is 0 Å². The van der Waals surface area contributed by atoms with E-state index in [4.69, 9.17) is 9.84 Å². The summed E-state index contributed by atoms with van der Waals surface area (Å²) in [5, 5.41) is 18.7. The molecule has 1 aliphatic rings. The van der Waals surface area contributed by atoms with Crippen molar-refractivity contribution < 1.29 is 14.9 Å². The van der Waals surface area contributed by atoms with Gasteiger partial charge in [-0.05, 0) is 6.07 Å². The van der Waals surface area contributed by atoms with Crippen molar-refractivity contribution in [3.8, 4) is 0 Å². The third kappa shape index (κ3) is 3.21. The molecule has 0 aliphatic carbocycles. The van der Waals surface area contributed by atoms with Gasteiger partial charge in [0.05, 0.1) is 19.0 Å². The highest BCUT2D eigenvalue weighted by Gasteiger charge is 2.34. The van der Waals surface area contributed by atoms with Crippen LogP contribution in [0.15, 0.2) is 22.1 Å². The van der Waals surface area contributed by atoms with Gasteiger partial charge in [-0.15, -0.1) is 0 Å². The number of rotatable bonds is 4. The maximum atomic E-state index is 11.9. The number of aliphatic hydroxyl groups excluding tert-OH is 2. The van der Waals surface area contributed by atoms with Crippen LogP contribution < -0.4 is 5.69 Å². The highest BCUT2D eigenvalue weighted by molar-refractivity contribution is 5.58. The van der Waals surface area contributed by atoms with Gasteiger partial charge in [0.1, 0.15) is 12.3 Å². The van der Waals surface area contributed by atoms with Crippen LogP contribution in [-0.4, -0.2) is 63.9 Å². The molecule has 1 fully saturated rings. The largest absolute Gasteiger partial charge is 0.394 e. The van der Waals surface area contributed by atoms with Crippen LogP contribution in [0.3, 0.4) is 0 Å². The second kappa shape index (κ2) is 6.12. The Kier molecular flexibility index (Phi) is 4.48. The first-order valence-corrected chi connectivity index (χ1v) is 6.25. The van der Waals surface area contributed by atoms with Crippen LogP contribution in [0.2, 0.25) is 0 Å². The van der Waals surface area contributed by atoms with Crippen molar-refractivity contribution in [1.29, 1.82) is 0 Å². The lowest BCUT2D eigenvalue weighted by molar-refractivity contribution is -0.0458. The van der Waals surface area contributed by atoms with Crippen LogP contribution in [-0.2, 0) is 4.74 Å². The fourth-order valence-corrected chi connectivity index (χ4v) is 1.92. The molecule has 0 aromatic carbocycles. The van der Waals surface area contributed by atoms with Crippen molar-refractivity contribution in [1.82, 2.24) is 14.5 Å². The minimum Gasteiger partial charge on any atom is -0.394 e. The standard InChI is InChI=1S/C12H18N4O4/c1-15(2)7-13-10-3-4-16(12(19)14-10)11-5-8(18)9(6-17)20-11/h3-4,7-9,11,17-18H,5-6H2,1-2H3. The van der Waals surface area contributed by atoms with Crippen LogP contribution in [0.1, 0.15) is 12.6 Å². The second-order valence-corrected chi connectivity index (χ2v) is 4.80. The molecule has 2 rings (SSSR count). The molecule has 0 bridgehead atoms. The Morgan fingerprint density at radius 2 is 2.40 bits per heavy atom. The highest BCUT2D eigenvalue weighted by atomic mass is 16.5. The van der Waals surface area contributed by atoms with Gasteiger partial charge in [-0.1, -0.05) is 0 Å². The van der Waals surface area contributed by atoms with Crippen LogP contribution in [0, 0.1) is 0 Å². The first kappa shape index (κ1) is 14.6. The summed E-state index contributed by atoms with van der Waals surface area (Å²) >= 11 is 0. The predicted molar refractivity (Wildman–Crippen MR) is 72.0 cm³/mol. The number of ether oxygens (including phenoxy) is 1. The maximum Gasteiger partial charge on any atom is 0.351 e. The molecule has 110 valence electrons. The summed E-state index contributed by atoms with van der Waals surface area (Å²) in [6, 6.07) is 1.59. The molecule has 0 amide bonds. The third-order valence-electron chi connectivity index (χ3n) is 2.93. The smallest absolute Gasteiger partial charge is 0.351 e. The second-order valence-electron chi connectivity index (χ2n) is 4.80. The molecule has 0 saturated carbocycles. The normalized spacial score (nSPS) is 26.3. The molecule has 1 aliphatic heterocycles. The minimum absolute atomic E-state index is 0.243. The maximum absolute atomic E-state index is 11.9. The third-order valence-corrected chi connectivity index (χ3v) is 2.93. The summed E-state index contributed by atoms with van der Waals surface area (Å²) in [4.78, 5) is 21.5. The lowest BCUT2D eigenvalue weighted by atomic mass is 10.2. The molecule has 1 saturated heterocycles. The van der Waals surface area contributed by atoms with Crippen molar-refractivity contribution in [2.45, 2.75) is 24.9 Å². The quantitative estimate of drug-likeness (QED) is 0.548. The molecule has 20 heavy (non-hydrogen) atoms. The lowest BCUT2D eigenvalue weighted by Gasteiger charge is -2.14. The number of hydrogen-bond acceptors (Lipinski definition) is 6. The van der Waals surface area contributed by atoms with Gasteiger partial charge in [-0.2, -0.15) is 4.98 Å². The zero-order valence-electron chi connectivity index (χ0n) is 11.4. The summed E-state index contributed by atoms with van der Waals surface area (Å²) in [6.07, 6.45) is 1.24. The minimum atomic E-state index is -0.789. The Balaban J connectivity index is 2.17. The fraction of sp³-hybridized carbons (Fsp3) is 0.583. The Bertz CT molecular complexity index is 543. The van der Waals surface area contributed by atoms with Gasteiger partial charge in [0.15, 0.2) is 5.82 Å². The molecule has 2 heterocycles. The molecule has 1 aromatic heterocycles. The average Bonchev–Trinajstić information content (AvgIpc) is 2.77. The summed E-state index contributed by atoms with van der Waals surface area (Å²) in [5.41, 5.74) is -0.505. The molecule has 8 heteroatoms. The SMILES string of the molecule is CN(C)C=Nc1ccn(C2CC(O)C(CO)O2)c(=O)n1. The Labute approximate surface area is 116 Å². The number of nitrogens with zero attached hydrogens (tertiary/aromatic N) is 4. The van der Waals surface area contributed by atoms with E-state index in [2.05, 4.69) is 9.98 Å². The molecular weight excluding hydrogens is 264 g/mol. The van der Waals surface area contributed by atoms with Crippen LogP contribution in [0.25, 0.3) is 0 Å². The highest BCUT2D eigenvalue weighted by Crippen LogP contribution is 2.27. The fourth-order valence-electron chi connectivity index (χ4n) is 1.92. The van der Waals surface area contributed by atoms with Crippen LogP contribution >= 0.6 is 0 Å². The number of aromatic nitrogens is 2. The van der Waals surface area contributed by atoms with E-state index in [1.165, 1.54) is 10.8 Å². The summed E-state index contributed by atoms with van der Waals surface area (Å²) in [7, 11) is 3.63. The van der Waals surface area contributed by atoms with Crippen molar-refractivity contribution in [2.75, 3.05) is 20.7 Å². The topological polar surface area (TPSA) is 100 Å². The monoisotopic (exact) mass is 282 g/mol. The van der Waals surface area contributed by atoms with E-state index in [0.29, 0.717) is 5.82 Å². The summed E-state index contributed by atoms with van der Waals surface area (Å²) in [5.74, 6) is 0.303. The molecule has 0 radical (unpaired) electrons. The van der Waals surface area contributed by atoms with Gasteiger partial charge in [0.2, 0.25) is 0 Å². The Morgan fingerprint density at radius 1 is 1.65 bits per heavy atom. The lowest BCUT2D eigenvalue weighted by Crippen LogP contribution is -2.27. The zero-order valence-corrected chi connectivity index (χ0v) is 11.4. The van der Waals surface area contributed by atoms with Gasteiger partial charge in [-0.25, -0.2) is 9.79 Å². The van der Waals surface area contributed by atoms with Crippen molar-refractivity contribution in [3.05, 3.63) is 22.7 Å². The van der Waals surface area contributed by atoms with Crippen molar-refractivity contribution >= 4 is 12.2 Å². The first-order valence-electron chi connectivity index (χ1n) is 6.25. The van der Waals surface area contributed by atoms with Gasteiger partial charge in [0.25, 0.3) is 0 Å². The van der Waals surface area contributed by atoms with Crippen LogP contribution in [0.4, 0.5) is 5.82 Å². The molecule has 8 nitrogen and oxygen atoms in total. The molecule has 3 atom stereocenters. The van der Waals surface area contributed by atoms with Gasteiger partial charge < -0.3 is 19.8 Å². The number of hydrogen-bond donors (Lipinski definition) is 2. The zero-order chi connectivity index (χ0) is 14.7. The summed E-state index contributed by atoms with van der Waals surface area (Å²) < 4.78 is 6.69. The number of aliphatic hydroxyl groups is 2. The molecule has 1 aromatic rings.